The third kappa shape index (κ3) is 26.0. The summed E-state index contributed by atoms with van der Waals surface area (Å²) in [7, 11) is 0. The van der Waals surface area contributed by atoms with Gasteiger partial charge in [-0.25, -0.2) is 0 Å². The van der Waals surface area contributed by atoms with Crippen LogP contribution in [0.4, 0.5) is 0 Å². The minimum Gasteiger partial charge on any atom is -0.508 e. The van der Waals surface area contributed by atoms with Crippen molar-refractivity contribution in [3.8, 4) is 11.5 Å². The van der Waals surface area contributed by atoms with Gasteiger partial charge in [0.2, 0.25) is 0 Å². The number of hydrogen-bond acceptors (Lipinski definition) is 6. The Labute approximate surface area is 362 Å². The number of carbonyl (C=O) groups is 2. The summed E-state index contributed by atoms with van der Waals surface area (Å²) >= 11 is 0. The predicted molar refractivity (Wildman–Crippen MR) is 247 cm³/mol. The molecule has 0 radical (unpaired) electrons. The average molecular weight is 821 g/mol. The fraction of sp³-hybridized carbons (Fsp3) is 0.736. The summed E-state index contributed by atoms with van der Waals surface area (Å²) in [5.74, 6) is 1.32. The van der Waals surface area contributed by atoms with E-state index in [1.165, 1.54) is 89.9 Å². The number of hydrogen-bond donors (Lipinski definition) is 2. The molecule has 0 fully saturated rings. The maximum Gasteiger partial charge on any atom is 0.305 e. The second kappa shape index (κ2) is 33.7. The lowest BCUT2D eigenvalue weighted by atomic mass is 9.87. The van der Waals surface area contributed by atoms with Crippen molar-refractivity contribution in [2.45, 2.75) is 232 Å². The summed E-state index contributed by atoms with van der Waals surface area (Å²) in [5, 5.41) is 21.0. The molecule has 2 aromatic rings. The zero-order chi connectivity index (χ0) is 42.8. The highest BCUT2D eigenvalue weighted by Gasteiger charge is 2.23. The van der Waals surface area contributed by atoms with E-state index in [-0.39, 0.29) is 25.2 Å². The summed E-state index contributed by atoms with van der Waals surface area (Å²) in [6.45, 7) is 8.95. The highest BCUT2D eigenvalue weighted by molar-refractivity contribution is 5.69. The van der Waals surface area contributed by atoms with Crippen LogP contribution in [0.2, 0.25) is 0 Å². The summed E-state index contributed by atoms with van der Waals surface area (Å²) in [4.78, 5) is 25.0. The van der Waals surface area contributed by atoms with Gasteiger partial charge in [0, 0.05) is 18.3 Å². The summed E-state index contributed by atoms with van der Waals surface area (Å²) < 4.78 is 11.2. The van der Waals surface area contributed by atoms with Gasteiger partial charge in [-0.1, -0.05) is 205 Å². The molecule has 2 unspecified atom stereocenters. The highest BCUT2D eigenvalue weighted by Crippen LogP contribution is 2.35. The van der Waals surface area contributed by atoms with Crippen LogP contribution in [0.25, 0.3) is 0 Å². The molecule has 2 rings (SSSR count). The third-order valence-electron chi connectivity index (χ3n) is 12.2. The predicted octanol–water partition coefficient (Wildman–Crippen LogP) is 15.8. The number of para-hydroxylation sites is 2. The van der Waals surface area contributed by atoms with Crippen molar-refractivity contribution < 1.29 is 29.3 Å². The lowest BCUT2D eigenvalue weighted by Gasteiger charge is -2.23. The molecule has 0 aromatic heterocycles. The first-order chi connectivity index (χ1) is 28.7. The van der Waals surface area contributed by atoms with E-state index in [2.05, 4.69) is 26.0 Å². The quantitative estimate of drug-likeness (QED) is 0.0518. The molecule has 2 N–H and O–H groups in total. The van der Waals surface area contributed by atoms with Gasteiger partial charge in [-0.15, -0.1) is 0 Å². The number of unbranched alkanes of at least 4 members (excludes halogenated alkanes) is 20. The first kappa shape index (κ1) is 52.1. The van der Waals surface area contributed by atoms with Crippen LogP contribution in [0, 0.1) is 5.41 Å². The standard InChI is InChI=1S/C53H88O6/c1-5-7-9-11-13-17-23-33-45(47-37-29-31-39-49(47)54)35-25-19-15-21-27-41-51(56)58-43-53(3,4)44-59-52(57)42-28-22-16-20-26-36-46(48-38-30-32-40-50(48)55)34-24-18-14-12-10-8-6-2/h29-32,37-40,45-46,54-55H,5-28,33-36,41-44H2,1-4H3. The molecule has 0 aliphatic carbocycles. The third-order valence-corrected chi connectivity index (χ3v) is 12.2. The molecule has 0 spiro atoms. The van der Waals surface area contributed by atoms with Crippen LogP contribution >= 0.6 is 0 Å². The maximum absolute atomic E-state index is 12.5. The molecule has 2 atom stereocenters. The largest absolute Gasteiger partial charge is 0.508 e. The second-order valence-corrected chi connectivity index (χ2v) is 18.4. The summed E-state index contributed by atoms with van der Waals surface area (Å²) in [6, 6.07) is 15.7. The average Bonchev–Trinajstić information content (AvgIpc) is 3.22. The Morgan fingerprint density at radius 2 is 0.746 bits per heavy atom. The van der Waals surface area contributed by atoms with Gasteiger partial charge < -0.3 is 19.7 Å². The van der Waals surface area contributed by atoms with Gasteiger partial charge in [-0.2, -0.15) is 0 Å². The molecule has 0 saturated carbocycles. The van der Waals surface area contributed by atoms with Gasteiger partial charge in [0.15, 0.2) is 0 Å². The monoisotopic (exact) mass is 821 g/mol. The fourth-order valence-electron chi connectivity index (χ4n) is 8.39. The topological polar surface area (TPSA) is 93.1 Å². The van der Waals surface area contributed by atoms with Gasteiger partial charge in [0.25, 0.3) is 0 Å². The zero-order valence-corrected chi connectivity index (χ0v) is 38.4. The van der Waals surface area contributed by atoms with Crippen LogP contribution in [-0.4, -0.2) is 35.4 Å². The highest BCUT2D eigenvalue weighted by atomic mass is 16.5. The van der Waals surface area contributed by atoms with E-state index in [1.54, 1.807) is 0 Å². The Bertz CT molecular complexity index is 1240. The maximum atomic E-state index is 12.5. The minimum atomic E-state index is -0.428. The second-order valence-electron chi connectivity index (χ2n) is 18.4. The van der Waals surface area contributed by atoms with Gasteiger partial charge in [-0.3, -0.25) is 9.59 Å². The Kier molecular flexibility index (Phi) is 29.7. The summed E-state index contributed by atoms with van der Waals surface area (Å²) in [6.07, 6.45) is 33.9. The van der Waals surface area contributed by atoms with Crippen LogP contribution in [0.3, 0.4) is 0 Å². The van der Waals surface area contributed by atoms with Crippen molar-refractivity contribution in [2.75, 3.05) is 13.2 Å². The Hall–Kier alpha value is -3.02. The molecule has 0 bridgehead atoms. The van der Waals surface area contributed by atoms with Crippen molar-refractivity contribution in [2.24, 2.45) is 5.41 Å². The molecule has 0 aliphatic heterocycles. The van der Waals surface area contributed by atoms with E-state index < -0.39 is 5.41 Å². The Morgan fingerprint density at radius 3 is 1.07 bits per heavy atom. The fourth-order valence-corrected chi connectivity index (χ4v) is 8.39. The van der Waals surface area contributed by atoms with E-state index in [9.17, 15) is 19.8 Å². The van der Waals surface area contributed by atoms with E-state index in [1.807, 2.05) is 50.2 Å². The van der Waals surface area contributed by atoms with E-state index in [0.29, 0.717) is 36.2 Å². The van der Waals surface area contributed by atoms with Crippen LogP contribution in [0.15, 0.2) is 48.5 Å². The number of carbonyl (C=O) groups excluding carboxylic acids is 2. The minimum absolute atomic E-state index is 0.177. The molecular formula is C53H88O6. The van der Waals surface area contributed by atoms with Gasteiger partial charge in [0.05, 0.1) is 13.2 Å². The number of aromatic hydroxyl groups is 2. The number of phenols is 2. The van der Waals surface area contributed by atoms with Crippen LogP contribution in [-0.2, 0) is 19.1 Å². The molecule has 0 saturated heterocycles. The number of phenolic OH excluding ortho intramolecular Hbond substituents is 2. The lowest BCUT2D eigenvalue weighted by molar-refractivity contribution is -0.152. The molecule has 6 heteroatoms. The van der Waals surface area contributed by atoms with Gasteiger partial charge >= 0.3 is 11.9 Å². The van der Waals surface area contributed by atoms with Gasteiger partial charge in [0.1, 0.15) is 11.5 Å². The Morgan fingerprint density at radius 1 is 0.458 bits per heavy atom. The number of esters is 2. The molecule has 6 nitrogen and oxygen atoms in total. The molecule has 59 heavy (non-hydrogen) atoms. The molecular weight excluding hydrogens is 733 g/mol. The van der Waals surface area contributed by atoms with Crippen LogP contribution in [0.5, 0.6) is 11.5 Å². The molecule has 2 aromatic carbocycles. The Balaban J connectivity index is 1.53. The van der Waals surface area contributed by atoms with Crippen LogP contribution < -0.4 is 0 Å². The number of ether oxygens (including phenoxy) is 2. The smallest absolute Gasteiger partial charge is 0.305 e. The number of benzene rings is 2. The molecule has 0 aliphatic rings. The van der Waals surface area contributed by atoms with Crippen molar-refractivity contribution in [1.82, 2.24) is 0 Å². The van der Waals surface area contributed by atoms with Crippen LogP contribution in [0.1, 0.15) is 243 Å². The van der Waals surface area contributed by atoms with Gasteiger partial charge in [-0.05, 0) is 73.6 Å². The zero-order valence-electron chi connectivity index (χ0n) is 38.4. The number of rotatable bonds is 38. The lowest BCUT2D eigenvalue weighted by Crippen LogP contribution is -2.28. The van der Waals surface area contributed by atoms with Crippen molar-refractivity contribution >= 4 is 11.9 Å². The normalized spacial score (nSPS) is 12.7. The SMILES string of the molecule is CCCCCCCCCC(CCCCCCCC(=O)OCC(C)(C)COC(=O)CCCCCCCC(CCCCCCCCC)c1ccccc1O)c1ccccc1O. The first-order valence-electron chi connectivity index (χ1n) is 24.5. The van der Waals surface area contributed by atoms with E-state index >= 15 is 0 Å². The van der Waals surface area contributed by atoms with Crippen molar-refractivity contribution in [1.29, 1.82) is 0 Å². The van der Waals surface area contributed by atoms with Crippen molar-refractivity contribution in [3.63, 3.8) is 0 Å². The molecule has 336 valence electrons. The van der Waals surface area contributed by atoms with E-state index in [0.717, 1.165) is 101 Å². The summed E-state index contributed by atoms with van der Waals surface area (Å²) in [5.41, 5.74) is 1.77. The van der Waals surface area contributed by atoms with Crippen molar-refractivity contribution in [3.05, 3.63) is 59.7 Å². The van der Waals surface area contributed by atoms with E-state index in [4.69, 9.17) is 9.47 Å². The molecule has 0 amide bonds. The molecule has 0 heterocycles. The first-order valence-corrected chi connectivity index (χ1v) is 24.5.